The minimum absolute atomic E-state index is 0.568. The molecule has 3 nitrogen and oxygen atoms in total. The van der Waals surface area contributed by atoms with Crippen molar-refractivity contribution in [3.05, 3.63) is 0 Å². The summed E-state index contributed by atoms with van der Waals surface area (Å²) in [6.07, 6.45) is 5.12. The predicted octanol–water partition coefficient (Wildman–Crippen LogP) is 0.349. The van der Waals surface area contributed by atoms with E-state index in [1.807, 2.05) is 18.7 Å². The maximum absolute atomic E-state index is 5.82. The van der Waals surface area contributed by atoms with Gasteiger partial charge in [-0.3, -0.25) is 15.6 Å². The van der Waals surface area contributed by atoms with Crippen LogP contribution in [0.2, 0.25) is 0 Å². The maximum Gasteiger partial charge on any atom is 0.343 e. The molecule has 3 N–H and O–H groups in total. The molecule has 3 atom stereocenters. The first kappa shape index (κ1) is 10.8. The number of nitrogens with zero attached hydrogens (tertiary/aromatic N) is 1. The summed E-state index contributed by atoms with van der Waals surface area (Å²) in [5.74, 6) is 0.782. The molecule has 0 spiro atoms. The summed E-state index contributed by atoms with van der Waals surface area (Å²) >= 11 is 0. The summed E-state index contributed by atoms with van der Waals surface area (Å²) in [5.41, 5.74) is 6.58. The zero-order chi connectivity index (χ0) is 9.84. The summed E-state index contributed by atoms with van der Waals surface area (Å²) < 4.78 is 1.92. The first-order chi connectivity index (χ1) is 6.09. The monoisotopic (exact) mass is 202 g/mol. The lowest BCUT2D eigenvalue weighted by atomic mass is 9.95. The molecule has 3 unspecified atom stereocenters. The Morgan fingerprint density at radius 3 is 2.69 bits per heavy atom. The third-order valence-corrected chi connectivity index (χ3v) is 3.15. The van der Waals surface area contributed by atoms with Gasteiger partial charge in [0.05, 0.1) is 20.1 Å². The zero-order valence-corrected chi connectivity index (χ0v) is 9.74. The lowest BCUT2D eigenvalue weighted by molar-refractivity contribution is -0.467. The Balaban J connectivity index is 2.40. The number of hydrogen-bond acceptors (Lipinski definition) is 0. The molecule has 1 aliphatic rings. The number of nitrogens with one attached hydrogen (secondary N) is 1. The van der Waals surface area contributed by atoms with Crippen LogP contribution in [0.25, 0.3) is 0 Å². The van der Waals surface area contributed by atoms with Crippen LogP contribution in [0.15, 0.2) is 0 Å². The molecule has 0 aromatic rings. The van der Waals surface area contributed by atoms with Crippen molar-refractivity contribution >= 4 is 15.2 Å². The van der Waals surface area contributed by atoms with E-state index in [0.717, 1.165) is 11.6 Å². The van der Waals surface area contributed by atoms with Crippen LogP contribution in [0.1, 0.15) is 25.7 Å². The van der Waals surface area contributed by atoms with Gasteiger partial charge >= 0.3 is 5.96 Å². The van der Waals surface area contributed by atoms with E-state index in [1.165, 1.54) is 25.7 Å². The molecule has 1 aliphatic carbocycles. The van der Waals surface area contributed by atoms with Crippen LogP contribution in [0.3, 0.4) is 0 Å². The van der Waals surface area contributed by atoms with Crippen molar-refractivity contribution in [2.24, 2.45) is 5.73 Å². The normalized spacial score (nSPS) is 28.2. The summed E-state index contributed by atoms with van der Waals surface area (Å²) in [5, 5.41) is 3.36. The second-order valence-corrected chi connectivity index (χ2v) is 4.99. The molecule has 0 aromatic heterocycles. The van der Waals surface area contributed by atoms with Crippen LogP contribution in [-0.4, -0.2) is 36.3 Å². The fraction of sp³-hybridized carbons (Fsp3) is 0.889. The van der Waals surface area contributed by atoms with Crippen LogP contribution < -0.4 is 11.1 Å². The van der Waals surface area contributed by atoms with Crippen molar-refractivity contribution in [1.29, 1.82) is 0 Å². The largest absolute Gasteiger partial charge is 0.343 e. The summed E-state index contributed by atoms with van der Waals surface area (Å²) in [7, 11) is 6.83. The van der Waals surface area contributed by atoms with Gasteiger partial charge in [-0.2, -0.15) is 0 Å². The SMILES string of the molecule is C[N+](C)=C(N)NC1CCCC(P)C1. The van der Waals surface area contributed by atoms with E-state index in [9.17, 15) is 0 Å². The third kappa shape index (κ3) is 3.51. The number of rotatable bonds is 1. The van der Waals surface area contributed by atoms with Gasteiger partial charge in [0.15, 0.2) is 0 Å². The van der Waals surface area contributed by atoms with Crippen LogP contribution in [0, 0.1) is 0 Å². The Morgan fingerprint density at radius 2 is 2.15 bits per heavy atom. The Morgan fingerprint density at radius 1 is 1.46 bits per heavy atom. The molecular weight excluding hydrogens is 181 g/mol. The van der Waals surface area contributed by atoms with Gasteiger partial charge < -0.3 is 0 Å². The second-order valence-electron chi connectivity index (χ2n) is 4.05. The highest BCUT2D eigenvalue weighted by atomic mass is 31.0. The van der Waals surface area contributed by atoms with Crippen LogP contribution in [-0.2, 0) is 0 Å². The molecule has 0 radical (unpaired) electrons. The van der Waals surface area contributed by atoms with Crippen molar-refractivity contribution in [3.63, 3.8) is 0 Å². The van der Waals surface area contributed by atoms with E-state index in [-0.39, 0.29) is 0 Å². The first-order valence-corrected chi connectivity index (χ1v) is 5.58. The Kier molecular flexibility index (Phi) is 3.98. The van der Waals surface area contributed by atoms with E-state index in [0.29, 0.717) is 6.04 Å². The van der Waals surface area contributed by atoms with Crippen LogP contribution >= 0.6 is 9.24 Å². The van der Waals surface area contributed by atoms with Crippen LogP contribution in [0.4, 0.5) is 0 Å². The summed E-state index contributed by atoms with van der Waals surface area (Å²) in [6.45, 7) is 0. The van der Waals surface area contributed by atoms with Gasteiger partial charge in [-0.25, -0.2) is 0 Å². The average molecular weight is 202 g/mol. The van der Waals surface area contributed by atoms with Gasteiger partial charge in [0.25, 0.3) is 0 Å². The molecule has 13 heavy (non-hydrogen) atoms. The topological polar surface area (TPSA) is 41.1 Å². The fourth-order valence-electron chi connectivity index (χ4n) is 1.70. The zero-order valence-electron chi connectivity index (χ0n) is 8.59. The van der Waals surface area contributed by atoms with Crippen molar-refractivity contribution in [3.8, 4) is 0 Å². The molecule has 4 heteroatoms. The smallest absolute Gasteiger partial charge is 0.291 e. The highest BCUT2D eigenvalue weighted by molar-refractivity contribution is 7.17. The molecule has 76 valence electrons. The fourth-order valence-corrected chi connectivity index (χ4v) is 2.26. The van der Waals surface area contributed by atoms with Gasteiger partial charge in [0.1, 0.15) is 0 Å². The second kappa shape index (κ2) is 4.80. The molecule has 0 heterocycles. The molecule has 0 aromatic carbocycles. The summed E-state index contributed by atoms with van der Waals surface area (Å²) in [6, 6.07) is 0.568. The van der Waals surface area contributed by atoms with E-state index in [4.69, 9.17) is 5.73 Å². The lowest BCUT2D eigenvalue weighted by Crippen LogP contribution is -2.46. The molecule has 0 amide bonds. The Labute approximate surface area is 83.0 Å². The van der Waals surface area contributed by atoms with Gasteiger partial charge in [-0.15, -0.1) is 9.24 Å². The summed E-state index contributed by atoms with van der Waals surface area (Å²) in [4.78, 5) is 0. The maximum atomic E-state index is 5.82. The van der Waals surface area contributed by atoms with Crippen LogP contribution in [0.5, 0.6) is 0 Å². The number of guanidine groups is 1. The van der Waals surface area contributed by atoms with E-state index >= 15 is 0 Å². The Hall–Kier alpha value is -0.300. The highest BCUT2D eigenvalue weighted by Gasteiger charge is 2.21. The molecule has 1 rings (SSSR count). The van der Waals surface area contributed by atoms with Crippen molar-refractivity contribution in [1.82, 2.24) is 5.32 Å². The minimum Gasteiger partial charge on any atom is -0.291 e. The number of hydrogen-bond donors (Lipinski definition) is 2. The first-order valence-electron chi connectivity index (χ1n) is 4.91. The highest BCUT2D eigenvalue weighted by Crippen LogP contribution is 2.24. The molecular formula is C9H21N3P+. The van der Waals surface area contributed by atoms with Gasteiger partial charge in [-0.05, 0) is 31.3 Å². The average Bonchev–Trinajstić information content (AvgIpc) is 2.04. The molecule has 0 bridgehead atoms. The van der Waals surface area contributed by atoms with Crippen molar-refractivity contribution in [2.45, 2.75) is 37.4 Å². The molecule has 0 aliphatic heterocycles. The van der Waals surface area contributed by atoms with Gasteiger partial charge in [-0.1, -0.05) is 0 Å². The lowest BCUT2D eigenvalue weighted by Gasteiger charge is -2.25. The van der Waals surface area contributed by atoms with E-state index < -0.39 is 0 Å². The quantitative estimate of drug-likeness (QED) is 0.279. The molecule has 1 saturated carbocycles. The van der Waals surface area contributed by atoms with E-state index in [2.05, 4.69) is 14.6 Å². The van der Waals surface area contributed by atoms with Gasteiger partial charge in [0.2, 0.25) is 0 Å². The van der Waals surface area contributed by atoms with Gasteiger partial charge in [0, 0.05) is 0 Å². The Bertz CT molecular complexity index is 199. The van der Waals surface area contributed by atoms with Crippen molar-refractivity contribution < 1.29 is 4.58 Å². The predicted molar refractivity (Wildman–Crippen MR) is 60.2 cm³/mol. The van der Waals surface area contributed by atoms with E-state index in [1.54, 1.807) is 0 Å². The molecule has 0 saturated heterocycles. The number of nitrogens with two attached hydrogens (primary N) is 1. The third-order valence-electron chi connectivity index (χ3n) is 2.55. The molecule has 1 fully saturated rings. The standard InChI is InChI=1S/C9H20N3P/c1-12(2)9(10)11-7-4-3-5-8(13)6-7/h7-8H,3-6,13H2,1-2H3,(H2,10,11)/p+1. The van der Waals surface area contributed by atoms with Crippen molar-refractivity contribution in [2.75, 3.05) is 14.1 Å². The minimum atomic E-state index is 0.568.